The number of esters is 2. The number of halogens is 3. The summed E-state index contributed by atoms with van der Waals surface area (Å²) in [7, 11) is 0. The lowest BCUT2D eigenvalue weighted by Gasteiger charge is -2.10. The van der Waals surface area contributed by atoms with E-state index in [1.54, 1.807) is 0 Å². The van der Waals surface area contributed by atoms with Crippen LogP contribution in [0.4, 0.5) is 13.2 Å². The highest BCUT2D eigenvalue weighted by Gasteiger charge is 2.20. The summed E-state index contributed by atoms with van der Waals surface area (Å²) in [5.41, 5.74) is 0. The van der Waals surface area contributed by atoms with E-state index < -0.39 is 46.3 Å². The van der Waals surface area contributed by atoms with Crippen LogP contribution in [-0.4, -0.2) is 11.9 Å². The molecule has 0 amide bonds. The van der Waals surface area contributed by atoms with Gasteiger partial charge in [-0.15, -0.1) is 0 Å². The average Bonchev–Trinajstić information content (AvgIpc) is 2.72. The van der Waals surface area contributed by atoms with Crippen molar-refractivity contribution in [3.05, 3.63) is 86.0 Å². The SMILES string of the molecule is C=CC(=O)O/C=C\Oc1cc2ccc(O/C=C\OC(=O)C=C)c(F)c2c(F)c1F. The summed E-state index contributed by atoms with van der Waals surface area (Å²) in [4.78, 5) is 21.7. The molecule has 0 fully saturated rings. The molecule has 2 rings (SSSR count). The number of fused-ring (bicyclic) bond motifs is 1. The third kappa shape index (κ3) is 5.25. The van der Waals surface area contributed by atoms with Crippen molar-refractivity contribution in [3.8, 4) is 11.5 Å². The van der Waals surface area contributed by atoms with Crippen LogP contribution in [0.3, 0.4) is 0 Å². The normalized spacial score (nSPS) is 10.9. The summed E-state index contributed by atoms with van der Waals surface area (Å²) < 4.78 is 61.8. The van der Waals surface area contributed by atoms with Gasteiger partial charge in [0.2, 0.25) is 5.82 Å². The van der Waals surface area contributed by atoms with Gasteiger partial charge >= 0.3 is 11.9 Å². The van der Waals surface area contributed by atoms with Crippen molar-refractivity contribution in [1.82, 2.24) is 0 Å². The van der Waals surface area contributed by atoms with Crippen LogP contribution in [0.5, 0.6) is 11.5 Å². The first-order valence-corrected chi connectivity index (χ1v) is 7.78. The van der Waals surface area contributed by atoms with E-state index in [0.29, 0.717) is 0 Å². The van der Waals surface area contributed by atoms with E-state index in [-0.39, 0.29) is 5.39 Å². The predicted octanol–water partition coefficient (Wildman–Crippen LogP) is 4.42. The number of hydrogen-bond acceptors (Lipinski definition) is 6. The lowest BCUT2D eigenvalue weighted by molar-refractivity contribution is -0.133. The van der Waals surface area contributed by atoms with E-state index in [0.717, 1.165) is 49.3 Å². The summed E-state index contributed by atoms with van der Waals surface area (Å²) in [6, 6.07) is 3.45. The van der Waals surface area contributed by atoms with Gasteiger partial charge in [0.1, 0.15) is 25.0 Å². The molecule has 2 aromatic carbocycles. The Hall–Kier alpha value is -4.01. The van der Waals surface area contributed by atoms with Crippen molar-refractivity contribution in [2.24, 2.45) is 0 Å². The van der Waals surface area contributed by atoms with Crippen LogP contribution < -0.4 is 9.47 Å². The molecule has 0 N–H and O–H groups in total. The molecule has 0 bridgehead atoms. The maximum Gasteiger partial charge on any atom is 0.335 e. The lowest BCUT2D eigenvalue weighted by Crippen LogP contribution is -1.98. The molecule has 0 aliphatic heterocycles. The predicted molar refractivity (Wildman–Crippen MR) is 95.9 cm³/mol. The van der Waals surface area contributed by atoms with Gasteiger partial charge in [0.25, 0.3) is 0 Å². The number of rotatable bonds is 8. The third-order valence-corrected chi connectivity index (χ3v) is 3.26. The van der Waals surface area contributed by atoms with Gasteiger partial charge in [-0.05, 0) is 17.5 Å². The first-order chi connectivity index (χ1) is 13.9. The first-order valence-electron chi connectivity index (χ1n) is 7.78. The van der Waals surface area contributed by atoms with Crippen molar-refractivity contribution < 1.29 is 41.7 Å². The number of carbonyl (C=O) groups excluding carboxylic acids is 2. The van der Waals surface area contributed by atoms with Crippen LogP contribution in [0.25, 0.3) is 10.8 Å². The summed E-state index contributed by atoms with van der Waals surface area (Å²) in [6.45, 7) is 6.35. The van der Waals surface area contributed by atoms with Gasteiger partial charge < -0.3 is 18.9 Å². The van der Waals surface area contributed by atoms with Crippen molar-refractivity contribution in [3.63, 3.8) is 0 Å². The molecule has 0 aliphatic rings. The van der Waals surface area contributed by atoms with Gasteiger partial charge in [-0.3, -0.25) is 0 Å². The zero-order valence-electron chi connectivity index (χ0n) is 14.7. The first kappa shape index (κ1) is 21.3. The number of ether oxygens (including phenoxy) is 4. The molecule has 6 nitrogen and oxygen atoms in total. The Kier molecular flexibility index (Phi) is 7.19. The molecule has 9 heteroatoms. The topological polar surface area (TPSA) is 71.1 Å². The van der Waals surface area contributed by atoms with Crippen LogP contribution in [0.2, 0.25) is 0 Å². The van der Waals surface area contributed by atoms with Crippen molar-refractivity contribution >= 4 is 22.7 Å². The minimum atomic E-state index is -1.51. The average molecular weight is 406 g/mol. The second kappa shape index (κ2) is 9.79. The Morgan fingerprint density at radius 1 is 0.759 bits per heavy atom. The lowest BCUT2D eigenvalue weighted by atomic mass is 10.1. The van der Waals surface area contributed by atoms with Crippen molar-refractivity contribution in [2.45, 2.75) is 0 Å². The fourth-order valence-electron chi connectivity index (χ4n) is 2.00. The smallest absolute Gasteiger partial charge is 0.335 e. The summed E-state index contributed by atoms with van der Waals surface area (Å²) in [6.07, 6.45) is 5.06. The molecular formula is C20H13F3O6. The molecule has 0 saturated heterocycles. The number of hydrogen-bond donors (Lipinski definition) is 0. The fourth-order valence-corrected chi connectivity index (χ4v) is 2.00. The zero-order valence-corrected chi connectivity index (χ0v) is 14.7. The van der Waals surface area contributed by atoms with E-state index in [2.05, 4.69) is 22.6 Å². The van der Waals surface area contributed by atoms with E-state index >= 15 is 0 Å². The van der Waals surface area contributed by atoms with Gasteiger partial charge in [-0.2, -0.15) is 4.39 Å². The molecule has 0 saturated carbocycles. The molecule has 0 unspecified atom stereocenters. The maximum atomic E-state index is 14.5. The molecular weight excluding hydrogens is 393 g/mol. The molecule has 29 heavy (non-hydrogen) atoms. The van der Waals surface area contributed by atoms with Crippen LogP contribution in [0.1, 0.15) is 0 Å². The molecule has 0 aliphatic carbocycles. The van der Waals surface area contributed by atoms with Crippen LogP contribution in [-0.2, 0) is 19.1 Å². The minimum absolute atomic E-state index is 0.0256. The third-order valence-electron chi connectivity index (χ3n) is 3.26. The quantitative estimate of drug-likeness (QED) is 0.367. The Bertz CT molecular complexity index is 1030. The Balaban J connectivity index is 2.26. The van der Waals surface area contributed by atoms with Gasteiger partial charge in [-0.25, -0.2) is 18.4 Å². The Labute approximate surface area is 162 Å². The molecule has 0 aromatic heterocycles. The molecule has 0 spiro atoms. The zero-order chi connectivity index (χ0) is 21.4. The van der Waals surface area contributed by atoms with Gasteiger partial charge in [0, 0.05) is 12.2 Å². The highest BCUT2D eigenvalue weighted by molar-refractivity contribution is 5.87. The van der Waals surface area contributed by atoms with Crippen LogP contribution in [0.15, 0.2) is 68.6 Å². The van der Waals surface area contributed by atoms with Crippen molar-refractivity contribution in [2.75, 3.05) is 0 Å². The molecule has 0 atom stereocenters. The summed E-state index contributed by atoms with van der Waals surface area (Å²) in [5, 5.41) is -0.701. The fraction of sp³-hybridized carbons (Fsp3) is 0. The second-order valence-corrected chi connectivity index (χ2v) is 5.04. The van der Waals surface area contributed by atoms with Gasteiger partial charge in [-0.1, -0.05) is 19.2 Å². The van der Waals surface area contributed by atoms with Gasteiger partial charge in [0.15, 0.2) is 23.1 Å². The molecule has 0 radical (unpaired) electrons. The number of carbonyl (C=O) groups is 2. The van der Waals surface area contributed by atoms with Crippen LogP contribution >= 0.6 is 0 Å². The Morgan fingerprint density at radius 3 is 1.86 bits per heavy atom. The van der Waals surface area contributed by atoms with Crippen molar-refractivity contribution in [1.29, 1.82) is 0 Å². The highest BCUT2D eigenvalue weighted by Crippen LogP contribution is 2.34. The maximum absolute atomic E-state index is 14.5. The van der Waals surface area contributed by atoms with E-state index in [4.69, 9.17) is 9.47 Å². The van der Waals surface area contributed by atoms with Gasteiger partial charge in [0.05, 0.1) is 5.39 Å². The highest BCUT2D eigenvalue weighted by atomic mass is 19.2. The largest absolute Gasteiger partial charge is 0.459 e. The molecule has 2 aromatic rings. The molecule has 0 heterocycles. The minimum Gasteiger partial charge on any atom is -0.459 e. The second-order valence-electron chi connectivity index (χ2n) is 5.04. The molecule has 150 valence electrons. The van der Waals surface area contributed by atoms with Crippen LogP contribution in [0, 0.1) is 17.5 Å². The summed E-state index contributed by atoms with van der Waals surface area (Å²) in [5.74, 6) is -6.71. The van der Waals surface area contributed by atoms with E-state index in [1.165, 1.54) is 6.07 Å². The summed E-state index contributed by atoms with van der Waals surface area (Å²) >= 11 is 0. The van der Waals surface area contributed by atoms with E-state index in [1.807, 2.05) is 0 Å². The number of benzene rings is 2. The van der Waals surface area contributed by atoms with E-state index in [9.17, 15) is 22.8 Å². The standard InChI is InChI=1S/C20H13F3O6/c1-3-15(24)28-9-7-26-13-6-5-12-11-14(27-8-10-29-16(25)4-2)19(22)20(23)17(12)18(13)21/h3-11H,1-2H2/b9-7-,10-8-. The Morgan fingerprint density at radius 2 is 1.31 bits per heavy atom. The monoisotopic (exact) mass is 406 g/mol.